The van der Waals surface area contributed by atoms with Gasteiger partial charge in [-0.05, 0) is 54.9 Å². The maximum Gasteiger partial charge on any atom is 0.0806 e. The summed E-state index contributed by atoms with van der Waals surface area (Å²) in [6.45, 7) is 8.92. The van der Waals surface area contributed by atoms with Gasteiger partial charge in [0.25, 0.3) is 0 Å². The smallest absolute Gasteiger partial charge is 0.0806 e. The van der Waals surface area contributed by atoms with Gasteiger partial charge in [0, 0.05) is 5.41 Å². The van der Waals surface area contributed by atoms with E-state index < -0.39 is 0 Å². The van der Waals surface area contributed by atoms with E-state index in [0.29, 0.717) is 5.92 Å². The van der Waals surface area contributed by atoms with Crippen molar-refractivity contribution in [2.45, 2.75) is 52.1 Å². The lowest BCUT2D eigenvalue weighted by Gasteiger charge is -2.44. The van der Waals surface area contributed by atoms with E-state index in [-0.39, 0.29) is 11.5 Å². The maximum atomic E-state index is 10.5. The molecule has 0 heterocycles. The Morgan fingerprint density at radius 3 is 2.81 bits per heavy atom. The van der Waals surface area contributed by atoms with E-state index in [1.165, 1.54) is 32.1 Å². The molecule has 4 aliphatic rings. The standard InChI is InChI=1S/C15H24O/c1-9-4-5-13-12(9)8-11-6-7-15(13,3)14(16)10(11)2/h9,11-14,16H,2,4-8H2,1,3H3/t9-,11-,12+,13-,14-,15+/m0/s1. The summed E-state index contributed by atoms with van der Waals surface area (Å²) in [5.74, 6) is 3.08. The van der Waals surface area contributed by atoms with Crippen molar-refractivity contribution in [3.63, 3.8) is 0 Å². The summed E-state index contributed by atoms with van der Waals surface area (Å²) in [5, 5.41) is 10.5. The number of hydrogen-bond donors (Lipinski definition) is 1. The zero-order valence-electron chi connectivity index (χ0n) is 10.6. The van der Waals surface area contributed by atoms with E-state index in [4.69, 9.17) is 0 Å². The molecule has 0 amide bonds. The van der Waals surface area contributed by atoms with Crippen molar-refractivity contribution in [2.24, 2.45) is 29.1 Å². The summed E-state index contributed by atoms with van der Waals surface area (Å²) in [6.07, 6.45) is 6.26. The van der Waals surface area contributed by atoms with Gasteiger partial charge in [-0.2, -0.15) is 0 Å². The number of aliphatic hydroxyl groups excluding tert-OH is 1. The minimum atomic E-state index is -0.230. The van der Waals surface area contributed by atoms with Gasteiger partial charge in [0.2, 0.25) is 0 Å². The molecule has 0 radical (unpaired) electrons. The fourth-order valence-corrected chi connectivity index (χ4v) is 4.92. The minimum absolute atomic E-state index is 0.138. The molecule has 0 aliphatic heterocycles. The third-order valence-electron chi connectivity index (χ3n) is 6.12. The van der Waals surface area contributed by atoms with Crippen molar-refractivity contribution < 1.29 is 5.11 Å². The lowest BCUT2D eigenvalue weighted by atomic mass is 9.63. The SMILES string of the molecule is C=C1[C@H]2CC[C@@](C)([C@H]1O)[C@H]1CC[C@H](C)[C@H]1C2. The van der Waals surface area contributed by atoms with Gasteiger partial charge in [0.15, 0.2) is 0 Å². The molecule has 90 valence electrons. The predicted octanol–water partition coefficient (Wildman–Crippen LogP) is 3.39. The van der Waals surface area contributed by atoms with E-state index in [2.05, 4.69) is 20.4 Å². The molecule has 1 heteroatoms. The van der Waals surface area contributed by atoms with Crippen LogP contribution in [0.2, 0.25) is 0 Å². The van der Waals surface area contributed by atoms with Crippen LogP contribution in [0.3, 0.4) is 0 Å². The molecule has 0 unspecified atom stereocenters. The lowest BCUT2D eigenvalue weighted by Crippen LogP contribution is -2.43. The minimum Gasteiger partial charge on any atom is -0.388 e. The Hall–Kier alpha value is -0.300. The van der Waals surface area contributed by atoms with Crippen LogP contribution in [-0.2, 0) is 0 Å². The molecule has 2 bridgehead atoms. The molecule has 6 atom stereocenters. The van der Waals surface area contributed by atoms with Gasteiger partial charge >= 0.3 is 0 Å². The summed E-state index contributed by atoms with van der Waals surface area (Å²) in [7, 11) is 0. The molecule has 1 nitrogen and oxygen atoms in total. The molecular formula is C15H24O. The Bertz CT molecular complexity index is 321. The fourth-order valence-electron chi connectivity index (χ4n) is 4.92. The van der Waals surface area contributed by atoms with Crippen molar-refractivity contribution in [1.29, 1.82) is 0 Å². The average Bonchev–Trinajstić information content (AvgIpc) is 2.51. The lowest BCUT2D eigenvalue weighted by molar-refractivity contribution is -0.00986. The number of hydrogen-bond acceptors (Lipinski definition) is 1. The van der Waals surface area contributed by atoms with Gasteiger partial charge in [-0.25, -0.2) is 0 Å². The van der Waals surface area contributed by atoms with Gasteiger partial charge < -0.3 is 5.11 Å². The van der Waals surface area contributed by atoms with E-state index in [9.17, 15) is 5.11 Å². The summed E-state index contributed by atoms with van der Waals surface area (Å²) in [6, 6.07) is 0. The van der Waals surface area contributed by atoms with Crippen molar-refractivity contribution >= 4 is 0 Å². The van der Waals surface area contributed by atoms with Crippen LogP contribution < -0.4 is 0 Å². The highest BCUT2D eigenvalue weighted by Gasteiger charge is 2.55. The van der Waals surface area contributed by atoms with Gasteiger partial charge in [-0.3, -0.25) is 0 Å². The van der Waals surface area contributed by atoms with Crippen molar-refractivity contribution in [2.75, 3.05) is 0 Å². The number of fused-ring (bicyclic) bond motifs is 2. The van der Waals surface area contributed by atoms with Crippen LogP contribution in [0, 0.1) is 29.1 Å². The topological polar surface area (TPSA) is 20.2 Å². The van der Waals surface area contributed by atoms with Crippen LogP contribution in [0.1, 0.15) is 46.0 Å². The third-order valence-corrected chi connectivity index (χ3v) is 6.12. The summed E-state index contributed by atoms with van der Waals surface area (Å²) in [4.78, 5) is 0. The summed E-state index contributed by atoms with van der Waals surface area (Å²) >= 11 is 0. The molecule has 0 aromatic carbocycles. The Labute approximate surface area is 98.9 Å². The first-order valence-electron chi connectivity index (χ1n) is 6.91. The molecule has 4 fully saturated rings. The molecule has 0 aromatic rings. The van der Waals surface area contributed by atoms with E-state index in [0.717, 1.165) is 23.3 Å². The highest BCUT2D eigenvalue weighted by Crippen LogP contribution is 2.60. The molecule has 0 spiro atoms. The first-order valence-corrected chi connectivity index (χ1v) is 6.91. The Morgan fingerprint density at radius 2 is 2.06 bits per heavy atom. The molecule has 4 aliphatic carbocycles. The van der Waals surface area contributed by atoms with Gasteiger partial charge in [0.05, 0.1) is 6.10 Å². The number of aliphatic hydroxyl groups is 1. The van der Waals surface area contributed by atoms with Gasteiger partial charge in [-0.1, -0.05) is 26.8 Å². The molecule has 1 N–H and O–H groups in total. The Morgan fingerprint density at radius 1 is 1.31 bits per heavy atom. The Balaban J connectivity index is 2.03. The Kier molecular flexibility index (Phi) is 2.27. The summed E-state index contributed by atoms with van der Waals surface area (Å²) in [5.41, 5.74) is 1.29. The average molecular weight is 220 g/mol. The highest BCUT2D eigenvalue weighted by atomic mass is 16.3. The van der Waals surface area contributed by atoms with Crippen LogP contribution in [0.4, 0.5) is 0 Å². The quantitative estimate of drug-likeness (QED) is 0.620. The molecule has 4 rings (SSSR count). The van der Waals surface area contributed by atoms with Crippen LogP contribution in [0.15, 0.2) is 12.2 Å². The fraction of sp³-hybridized carbons (Fsp3) is 0.867. The molecule has 0 aromatic heterocycles. The van der Waals surface area contributed by atoms with E-state index >= 15 is 0 Å². The van der Waals surface area contributed by atoms with E-state index in [1.54, 1.807) is 0 Å². The van der Waals surface area contributed by atoms with Crippen LogP contribution >= 0.6 is 0 Å². The molecular weight excluding hydrogens is 196 g/mol. The van der Waals surface area contributed by atoms with Gasteiger partial charge in [-0.15, -0.1) is 0 Å². The predicted molar refractivity (Wildman–Crippen MR) is 66.0 cm³/mol. The third kappa shape index (κ3) is 1.21. The van der Waals surface area contributed by atoms with Crippen molar-refractivity contribution in [1.82, 2.24) is 0 Å². The highest BCUT2D eigenvalue weighted by molar-refractivity contribution is 5.21. The zero-order chi connectivity index (χ0) is 11.5. The first-order chi connectivity index (χ1) is 7.54. The second-order valence-electron chi connectivity index (χ2n) is 6.78. The monoisotopic (exact) mass is 220 g/mol. The molecule has 4 saturated carbocycles. The van der Waals surface area contributed by atoms with Crippen LogP contribution in [0.5, 0.6) is 0 Å². The molecule has 0 saturated heterocycles. The second kappa shape index (κ2) is 3.35. The van der Waals surface area contributed by atoms with Crippen LogP contribution in [0.25, 0.3) is 0 Å². The maximum absolute atomic E-state index is 10.5. The second-order valence-corrected chi connectivity index (χ2v) is 6.78. The normalized spacial score (nSPS) is 56.2. The van der Waals surface area contributed by atoms with E-state index in [1.807, 2.05) is 0 Å². The number of rotatable bonds is 0. The van der Waals surface area contributed by atoms with Crippen molar-refractivity contribution in [3.05, 3.63) is 12.2 Å². The van der Waals surface area contributed by atoms with Crippen LogP contribution in [-0.4, -0.2) is 11.2 Å². The largest absolute Gasteiger partial charge is 0.388 e. The summed E-state index contributed by atoms with van der Waals surface area (Å²) < 4.78 is 0. The van der Waals surface area contributed by atoms with Gasteiger partial charge in [0.1, 0.15) is 0 Å². The molecule has 16 heavy (non-hydrogen) atoms. The first kappa shape index (κ1) is 10.8. The zero-order valence-corrected chi connectivity index (χ0v) is 10.6. The van der Waals surface area contributed by atoms with Crippen molar-refractivity contribution in [3.8, 4) is 0 Å².